The number of aryl methyl sites for hydroxylation is 1. The summed E-state index contributed by atoms with van der Waals surface area (Å²) in [5.74, 6) is -0.681. The summed E-state index contributed by atoms with van der Waals surface area (Å²) in [5, 5.41) is 9.32. The van der Waals surface area contributed by atoms with Crippen molar-refractivity contribution in [1.29, 1.82) is 0 Å². The van der Waals surface area contributed by atoms with E-state index in [4.69, 9.17) is 4.42 Å². The molecule has 0 radical (unpaired) electrons. The van der Waals surface area contributed by atoms with Crippen LogP contribution in [0.25, 0.3) is 0 Å². The summed E-state index contributed by atoms with van der Waals surface area (Å²) in [7, 11) is 1.22. The second-order valence-corrected chi connectivity index (χ2v) is 2.44. The fraction of sp³-hybridized carbons (Fsp3) is 0.375. The van der Waals surface area contributed by atoms with E-state index in [-0.39, 0.29) is 0 Å². The van der Waals surface area contributed by atoms with Gasteiger partial charge in [0.15, 0.2) is 6.10 Å². The molecule has 4 heteroatoms. The molecule has 1 rings (SSSR count). The maximum atomic E-state index is 10.8. The first-order valence-electron chi connectivity index (χ1n) is 3.45. The average Bonchev–Trinajstić information content (AvgIpc) is 2.48. The molecule has 1 aromatic heterocycles. The molecule has 66 valence electrons. The van der Waals surface area contributed by atoms with E-state index >= 15 is 0 Å². The highest BCUT2D eigenvalue weighted by molar-refractivity contribution is 5.76. The molecule has 4 nitrogen and oxygen atoms in total. The first-order valence-corrected chi connectivity index (χ1v) is 3.45. The summed E-state index contributed by atoms with van der Waals surface area (Å²) in [6, 6.07) is 0. The molecule has 0 amide bonds. The highest BCUT2D eigenvalue weighted by Crippen LogP contribution is 2.19. The molecule has 0 aliphatic carbocycles. The van der Waals surface area contributed by atoms with Crippen molar-refractivity contribution in [3.05, 3.63) is 23.7 Å². The Balaban J connectivity index is 2.84. The van der Waals surface area contributed by atoms with E-state index in [1.807, 2.05) is 0 Å². The van der Waals surface area contributed by atoms with Gasteiger partial charge >= 0.3 is 5.97 Å². The molecule has 1 unspecified atom stereocenters. The van der Waals surface area contributed by atoms with Gasteiger partial charge in [-0.3, -0.25) is 0 Å². The highest BCUT2D eigenvalue weighted by Gasteiger charge is 2.20. The lowest BCUT2D eigenvalue weighted by Crippen LogP contribution is -2.13. The Morgan fingerprint density at radius 3 is 2.75 bits per heavy atom. The number of carbonyl (C=O) groups excluding carboxylic acids is 1. The molecule has 0 spiro atoms. The zero-order valence-electron chi connectivity index (χ0n) is 6.90. The number of carbonyl (C=O) groups is 1. The third-order valence-corrected chi connectivity index (χ3v) is 1.61. The third kappa shape index (κ3) is 1.48. The Bertz CT molecular complexity index is 276. The van der Waals surface area contributed by atoms with Gasteiger partial charge in [0, 0.05) is 5.56 Å². The van der Waals surface area contributed by atoms with Crippen LogP contribution in [0.1, 0.15) is 17.2 Å². The van der Waals surface area contributed by atoms with Crippen LogP contribution >= 0.6 is 0 Å². The number of methoxy groups -OCH3 is 1. The van der Waals surface area contributed by atoms with Gasteiger partial charge in [-0.05, 0) is 12.5 Å². The molecule has 0 saturated carbocycles. The Morgan fingerprint density at radius 1 is 1.67 bits per heavy atom. The predicted octanol–water partition coefficient (Wildman–Crippen LogP) is 0.794. The lowest BCUT2D eigenvalue weighted by atomic mass is 10.1. The van der Waals surface area contributed by atoms with Gasteiger partial charge in [-0.25, -0.2) is 4.79 Å². The fourth-order valence-corrected chi connectivity index (χ4v) is 0.889. The zero-order valence-corrected chi connectivity index (χ0v) is 6.90. The quantitative estimate of drug-likeness (QED) is 0.667. The largest absolute Gasteiger partial charge is 0.472 e. The molecule has 0 fully saturated rings. The average molecular weight is 170 g/mol. The number of rotatable bonds is 2. The minimum atomic E-state index is -1.24. The number of aliphatic hydroxyl groups excluding tert-OH is 1. The molecule has 0 aliphatic rings. The number of furan rings is 1. The number of ether oxygens (including phenoxy) is 1. The Morgan fingerprint density at radius 2 is 2.33 bits per heavy atom. The second-order valence-electron chi connectivity index (χ2n) is 2.44. The number of esters is 1. The van der Waals surface area contributed by atoms with Gasteiger partial charge in [-0.1, -0.05) is 0 Å². The minimum Gasteiger partial charge on any atom is -0.472 e. The van der Waals surface area contributed by atoms with Crippen molar-refractivity contribution in [1.82, 2.24) is 0 Å². The molecular formula is C8H10O4. The van der Waals surface area contributed by atoms with E-state index in [9.17, 15) is 9.90 Å². The van der Waals surface area contributed by atoms with Crippen LogP contribution in [0.2, 0.25) is 0 Å². The zero-order chi connectivity index (χ0) is 9.14. The molecule has 12 heavy (non-hydrogen) atoms. The van der Waals surface area contributed by atoms with Crippen molar-refractivity contribution in [2.45, 2.75) is 13.0 Å². The maximum Gasteiger partial charge on any atom is 0.339 e. The van der Waals surface area contributed by atoms with Crippen molar-refractivity contribution < 1.29 is 19.1 Å². The lowest BCUT2D eigenvalue weighted by Gasteiger charge is -2.05. The molecule has 0 aromatic carbocycles. The fourth-order valence-electron chi connectivity index (χ4n) is 0.889. The van der Waals surface area contributed by atoms with Crippen LogP contribution in [-0.2, 0) is 9.53 Å². The highest BCUT2D eigenvalue weighted by atomic mass is 16.5. The lowest BCUT2D eigenvalue weighted by molar-refractivity contribution is -0.150. The van der Waals surface area contributed by atoms with Gasteiger partial charge in [0.1, 0.15) is 0 Å². The molecule has 1 heterocycles. The van der Waals surface area contributed by atoms with E-state index in [0.29, 0.717) is 5.56 Å². The van der Waals surface area contributed by atoms with Gasteiger partial charge in [0.25, 0.3) is 0 Å². The Hall–Kier alpha value is -1.29. The third-order valence-electron chi connectivity index (χ3n) is 1.61. The van der Waals surface area contributed by atoms with Crippen LogP contribution in [0.4, 0.5) is 0 Å². The minimum absolute atomic E-state index is 0.446. The van der Waals surface area contributed by atoms with E-state index in [1.165, 1.54) is 19.6 Å². The molecule has 0 aliphatic heterocycles. The van der Waals surface area contributed by atoms with Gasteiger partial charge in [-0.15, -0.1) is 0 Å². The maximum absolute atomic E-state index is 10.8. The Labute approximate surface area is 69.8 Å². The first kappa shape index (κ1) is 8.80. The van der Waals surface area contributed by atoms with Crippen molar-refractivity contribution in [2.75, 3.05) is 7.11 Å². The second kappa shape index (κ2) is 3.40. The van der Waals surface area contributed by atoms with E-state index in [0.717, 1.165) is 5.56 Å². The summed E-state index contributed by atoms with van der Waals surface area (Å²) in [4.78, 5) is 10.8. The smallest absolute Gasteiger partial charge is 0.339 e. The summed E-state index contributed by atoms with van der Waals surface area (Å²) < 4.78 is 9.15. The summed E-state index contributed by atoms with van der Waals surface area (Å²) in [5.41, 5.74) is 1.18. The Kier molecular flexibility index (Phi) is 2.50. The number of hydrogen-bond acceptors (Lipinski definition) is 4. The summed E-state index contributed by atoms with van der Waals surface area (Å²) in [6.45, 7) is 1.74. The van der Waals surface area contributed by atoms with Crippen LogP contribution < -0.4 is 0 Å². The van der Waals surface area contributed by atoms with Crippen molar-refractivity contribution >= 4 is 5.97 Å². The molecule has 0 bridgehead atoms. The van der Waals surface area contributed by atoms with Crippen LogP contribution in [0.3, 0.4) is 0 Å². The van der Waals surface area contributed by atoms with Crippen molar-refractivity contribution in [2.24, 2.45) is 0 Å². The molecular weight excluding hydrogens is 160 g/mol. The molecule has 1 atom stereocenters. The number of hydrogen-bond donors (Lipinski definition) is 1. The van der Waals surface area contributed by atoms with Gasteiger partial charge in [0.2, 0.25) is 0 Å². The van der Waals surface area contributed by atoms with Crippen molar-refractivity contribution in [3.8, 4) is 0 Å². The normalized spacial score (nSPS) is 12.6. The van der Waals surface area contributed by atoms with Crippen LogP contribution in [-0.4, -0.2) is 18.2 Å². The van der Waals surface area contributed by atoms with Gasteiger partial charge in [-0.2, -0.15) is 0 Å². The van der Waals surface area contributed by atoms with Gasteiger partial charge in [0.05, 0.1) is 19.6 Å². The monoisotopic (exact) mass is 170 g/mol. The SMILES string of the molecule is COC(=O)C(O)c1cocc1C. The van der Waals surface area contributed by atoms with Crippen LogP contribution in [0.5, 0.6) is 0 Å². The summed E-state index contributed by atoms with van der Waals surface area (Å²) >= 11 is 0. The van der Waals surface area contributed by atoms with Crippen molar-refractivity contribution in [3.63, 3.8) is 0 Å². The molecule has 1 N–H and O–H groups in total. The predicted molar refractivity (Wildman–Crippen MR) is 40.4 cm³/mol. The molecule has 0 saturated heterocycles. The van der Waals surface area contributed by atoms with E-state index in [1.54, 1.807) is 6.92 Å². The van der Waals surface area contributed by atoms with Crippen LogP contribution in [0.15, 0.2) is 16.9 Å². The standard InChI is InChI=1S/C8H10O4/c1-5-3-12-4-6(5)7(9)8(10)11-2/h3-4,7,9H,1-2H3. The summed E-state index contributed by atoms with van der Waals surface area (Å²) in [6.07, 6.45) is 1.55. The first-order chi connectivity index (χ1) is 5.66. The topological polar surface area (TPSA) is 59.7 Å². The van der Waals surface area contributed by atoms with Crippen LogP contribution in [0, 0.1) is 6.92 Å². The van der Waals surface area contributed by atoms with E-state index in [2.05, 4.69) is 4.74 Å². The number of aliphatic hydroxyl groups is 1. The van der Waals surface area contributed by atoms with E-state index < -0.39 is 12.1 Å². The van der Waals surface area contributed by atoms with Gasteiger partial charge < -0.3 is 14.3 Å². The molecule has 1 aromatic rings.